The summed E-state index contributed by atoms with van der Waals surface area (Å²) in [7, 11) is 0. The zero-order valence-electron chi connectivity index (χ0n) is 9.03. The fraction of sp³-hybridized carbons (Fsp3) is 0.0909. The molecular weight excluding hydrogens is 287 g/mol. The lowest BCUT2D eigenvalue weighted by Crippen LogP contribution is -2.11. The molecule has 4 nitrogen and oxygen atoms in total. The van der Waals surface area contributed by atoms with Gasteiger partial charge in [0.2, 0.25) is 11.7 Å². The third kappa shape index (κ3) is 2.70. The van der Waals surface area contributed by atoms with Gasteiger partial charge in [-0.15, -0.1) is 0 Å². The third-order valence-electron chi connectivity index (χ3n) is 2.18. The average molecular weight is 292 g/mol. The van der Waals surface area contributed by atoms with Gasteiger partial charge in [0.1, 0.15) is 0 Å². The molecule has 2 rings (SSSR count). The van der Waals surface area contributed by atoms with Crippen LogP contribution in [0.25, 0.3) is 11.5 Å². The van der Waals surface area contributed by atoms with E-state index in [-0.39, 0.29) is 5.56 Å². The molecule has 0 spiro atoms. The second kappa shape index (κ2) is 4.58. The molecule has 0 bridgehead atoms. The first-order valence-corrected chi connectivity index (χ1v) is 5.24. The lowest BCUT2D eigenvalue weighted by Gasteiger charge is -2.00. The molecule has 0 aliphatic rings. The Balaban J connectivity index is 2.55. The number of carboxylic acids is 1. The fourth-order valence-corrected chi connectivity index (χ4v) is 1.50. The van der Waals surface area contributed by atoms with Gasteiger partial charge in [0.15, 0.2) is 5.69 Å². The van der Waals surface area contributed by atoms with Crippen molar-refractivity contribution in [2.45, 2.75) is 6.18 Å². The standard InChI is InChI=1S/C11H5ClF3NO3/c12-6-3-1-5(2-4-6)9-16-8(11(13,14)15)7(19-9)10(17)18/h1-4H,(H,17,18). The lowest BCUT2D eigenvalue weighted by molar-refractivity contribution is -0.141. The summed E-state index contributed by atoms with van der Waals surface area (Å²) in [5, 5.41) is 9.06. The number of oxazole rings is 1. The van der Waals surface area contributed by atoms with E-state index in [1.165, 1.54) is 24.3 Å². The quantitative estimate of drug-likeness (QED) is 0.916. The number of aromatic nitrogens is 1. The van der Waals surface area contributed by atoms with Crippen molar-refractivity contribution in [1.29, 1.82) is 0 Å². The number of nitrogens with zero attached hydrogens (tertiary/aromatic N) is 1. The minimum atomic E-state index is -4.90. The van der Waals surface area contributed by atoms with Crippen LogP contribution in [0, 0.1) is 0 Å². The zero-order chi connectivity index (χ0) is 14.2. The van der Waals surface area contributed by atoms with E-state index < -0.39 is 29.5 Å². The third-order valence-corrected chi connectivity index (χ3v) is 2.43. The summed E-state index contributed by atoms with van der Waals surface area (Å²) in [4.78, 5) is 13.9. The van der Waals surface area contributed by atoms with Gasteiger partial charge in [-0.05, 0) is 24.3 Å². The predicted octanol–water partition coefficient (Wildman–Crippen LogP) is 3.71. The maximum atomic E-state index is 12.6. The molecule has 0 amide bonds. The Morgan fingerprint density at radius 2 is 1.84 bits per heavy atom. The largest absolute Gasteiger partial charge is 0.475 e. The van der Waals surface area contributed by atoms with Gasteiger partial charge in [-0.1, -0.05) is 11.6 Å². The molecule has 2 aromatic rings. The van der Waals surface area contributed by atoms with Crippen LogP contribution in [0.4, 0.5) is 13.2 Å². The van der Waals surface area contributed by atoms with Crippen LogP contribution in [-0.2, 0) is 6.18 Å². The van der Waals surface area contributed by atoms with E-state index in [0.29, 0.717) is 5.02 Å². The Morgan fingerprint density at radius 1 is 1.26 bits per heavy atom. The highest BCUT2D eigenvalue weighted by atomic mass is 35.5. The average Bonchev–Trinajstić information content (AvgIpc) is 2.74. The molecule has 1 aromatic carbocycles. The van der Waals surface area contributed by atoms with Gasteiger partial charge in [-0.25, -0.2) is 9.78 Å². The van der Waals surface area contributed by atoms with Crippen molar-refractivity contribution in [3.05, 3.63) is 40.7 Å². The number of carboxylic acid groups (broad SMARTS) is 1. The smallest absolute Gasteiger partial charge is 0.437 e. The molecule has 0 radical (unpaired) electrons. The molecular formula is C11H5ClF3NO3. The van der Waals surface area contributed by atoms with E-state index in [1.54, 1.807) is 0 Å². The Morgan fingerprint density at radius 3 is 2.26 bits per heavy atom. The van der Waals surface area contributed by atoms with E-state index in [9.17, 15) is 18.0 Å². The van der Waals surface area contributed by atoms with Gasteiger partial charge >= 0.3 is 12.1 Å². The van der Waals surface area contributed by atoms with Crippen molar-refractivity contribution < 1.29 is 27.5 Å². The first-order chi connectivity index (χ1) is 8.79. The topological polar surface area (TPSA) is 63.3 Å². The number of alkyl halides is 3. The highest BCUT2D eigenvalue weighted by Gasteiger charge is 2.41. The molecule has 0 atom stereocenters. The molecule has 1 N–H and O–H groups in total. The molecule has 0 saturated heterocycles. The summed E-state index contributed by atoms with van der Waals surface area (Å²) in [5.74, 6) is -3.50. The number of halogens is 4. The number of aromatic carboxylic acids is 1. The monoisotopic (exact) mass is 291 g/mol. The molecule has 100 valence electrons. The molecule has 1 heterocycles. The summed E-state index contributed by atoms with van der Waals surface area (Å²) < 4.78 is 42.4. The molecule has 19 heavy (non-hydrogen) atoms. The number of carbonyl (C=O) groups is 1. The van der Waals surface area contributed by atoms with Crippen molar-refractivity contribution in [1.82, 2.24) is 4.98 Å². The van der Waals surface area contributed by atoms with Crippen LogP contribution in [0.1, 0.15) is 16.2 Å². The van der Waals surface area contributed by atoms with E-state index in [2.05, 4.69) is 9.40 Å². The lowest BCUT2D eigenvalue weighted by atomic mass is 10.2. The second-order valence-corrected chi connectivity index (χ2v) is 3.94. The Kier molecular flexibility index (Phi) is 3.23. The van der Waals surface area contributed by atoms with Gasteiger partial charge in [0.25, 0.3) is 0 Å². The van der Waals surface area contributed by atoms with Gasteiger partial charge in [-0.3, -0.25) is 0 Å². The van der Waals surface area contributed by atoms with Gasteiger partial charge in [0, 0.05) is 10.6 Å². The maximum Gasteiger partial charge on any atom is 0.437 e. The summed E-state index contributed by atoms with van der Waals surface area (Å²) >= 11 is 5.63. The number of hydrogen-bond acceptors (Lipinski definition) is 3. The molecule has 0 fully saturated rings. The van der Waals surface area contributed by atoms with Gasteiger partial charge in [-0.2, -0.15) is 13.2 Å². The van der Waals surface area contributed by atoms with Crippen LogP contribution < -0.4 is 0 Å². The van der Waals surface area contributed by atoms with Crippen molar-refractivity contribution >= 4 is 17.6 Å². The molecule has 8 heteroatoms. The van der Waals surface area contributed by atoms with E-state index in [0.717, 1.165) is 0 Å². The minimum Gasteiger partial charge on any atom is -0.475 e. The fourth-order valence-electron chi connectivity index (χ4n) is 1.37. The van der Waals surface area contributed by atoms with Crippen molar-refractivity contribution in [2.24, 2.45) is 0 Å². The highest BCUT2D eigenvalue weighted by molar-refractivity contribution is 6.30. The summed E-state index contributed by atoms with van der Waals surface area (Å²) in [5.41, 5.74) is -1.37. The number of hydrogen-bond donors (Lipinski definition) is 1. The van der Waals surface area contributed by atoms with E-state index >= 15 is 0 Å². The van der Waals surface area contributed by atoms with Crippen molar-refractivity contribution in [3.63, 3.8) is 0 Å². The Labute approximate surface area is 109 Å². The summed E-state index contributed by atoms with van der Waals surface area (Å²) in [6.07, 6.45) is -4.90. The van der Waals surface area contributed by atoms with Crippen LogP contribution in [-0.4, -0.2) is 16.1 Å². The van der Waals surface area contributed by atoms with Crippen LogP contribution in [0.2, 0.25) is 5.02 Å². The van der Waals surface area contributed by atoms with Crippen molar-refractivity contribution in [3.8, 4) is 11.5 Å². The molecule has 0 unspecified atom stereocenters. The number of rotatable bonds is 2. The van der Waals surface area contributed by atoms with E-state index in [4.69, 9.17) is 16.7 Å². The van der Waals surface area contributed by atoms with Gasteiger partial charge in [0.05, 0.1) is 0 Å². The second-order valence-electron chi connectivity index (χ2n) is 3.51. The summed E-state index contributed by atoms with van der Waals surface area (Å²) in [6, 6.07) is 5.60. The highest BCUT2D eigenvalue weighted by Crippen LogP contribution is 2.34. The Bertz CT molecular complexity index is 619. The first-order valence-electron chi connectivity index (χ1n) is 4.86. The summed E-state index contributed by atoms with van der Waals surface area (Å²) in [6.45, 7) is 0. The minimum absolute atomic E-state index is 0.197. The molecule has 0 aliphatic heterocycles. The van der Waals surface area contributed by atoms with Crippen LogP contribution in [0.3, 0.4) is 0 Å². The van der Waals surface area contributed by atoms with Crippen molar-refractivity contribution in [2.75, 3.05) is 0 Å². The predicted molar refractivity (Wildman–Crippen MR) is 58.9 cm³/mol. The Hall–Kier alpha value is -2.02. The SMILES string of the molecule is O=C(O)c1oc(-c2ccc(Cl)cc2)nc1C(F)(F)F. The molecule has 0 saturated carbocycles. The van der Waals surface area contributed by atoms with Crippen LogP contribution >= 0.6 is 11.6 Å². The normalized spacial score (nSPS) is 11.6. The molecule has 1 aromatic heterocycles. The van der Waals surface area contributed by atoms with E-state index in [1.807, 2.05) is 0 Å². The van der Waals surface area contributed by atoms with Crippen LogP contribution in [0.15, 0.2) is 28.7 Å². The maximum absolute atomic E-state index is 12.6. The molecule has 0 aliphatic carbocycles. The first kappa shape index (κ1) is 13.4. The van der Waals surface area contributed by atoms with Crippen LogP contribution in [0.5, 0.6) is 0 Å². The van der Waals surface area contributed by atoms with Gasteiger partial charge < -0.3 is 9.52 Å². The zero-order valence-corrected chi connectivity index (χ0v) is 9.79. The number of benzene rings is 1.